The second kappa shape index (κ2) is 15.6. The summed E-state index contributed by atoms with van der Waals surface area (Å²) in [5.74, 6) is 0.895. The molecule has 4 rings (SSSR count). The van der Waals surface area contributed by atoms with Crippen LogP contribution in [-0.2, 0) is 6.42 Å². The van der Waals surface area contributed by atoms with Crippen LogP contribution in [0.15, 0.2) is 59.6 Å². The van der Waals surface area contributed by atoms with Gasteiger partial charge in [0.05, 0.1) is 11.0 Å². The third kappa shape index (κ3) is 7.43. The molecule has 0 spiro atoms. The number of halogens is 2. The van der Waals surface area contributed by atoms with Gasteiger partial charge < -0.3 is 0 Å². The summed E-state index contributed by atoms with van der Waals surface area (Å²) in [6.07, 6.45) is 8.87. The number of imidazole rings is 1. The molecule has 0 radical (unpaired) electrons. The van der Waals surface area contributed by atoms with Crippen LogP contribution < -0.4 is 0 Å². The highest BCUT2D eigenvalue weighted by molar-refractivity contribution is 7.99. The Bertz CT molecular complexity index is 1440. The van der Waals surface area contributed by atoms with Crippen LogP contribution in [0, 0.1) is 32.4 Å². The molecule has 0 aliphatic heterocycles. The van der Waals surface area contributed by atoms with E-state index in [0.29, 0.717) is 0 Å². The van der Waals surface area contributed by atoms with Crippen LogP contribution in [0.1, 0.15) is 40.6 Å². The van der Waals surface area contributed by atoms with Gasteiger partial charge in [-0.3, -0.25) is 8.96 Å². The number of rotatable bonds is 5. The number of benzene rings is 3. The zero-order valence-corrected chi connectivity index (χ0v) is 25.3. The molecule has 0 bridgehead atoms. The number of para-hydroxylation sites is 2. The van der Waals surface area contributed by atoms with Crippen molar-refractivity contribution in [3.63, 3.8) is 0 Å². The smallest absolute Gasteiger partial charge is 0.170 e. The molecule has 200 valence electrons. The second-order valence-corrected chi connectivity index (χ2v) is 9.73. The molecule has 4 aromatic rings. The minimum absolute atomic E-state index is 0.116. The third-order valence-corrected chi connectivity index (χ3v) is 6.86. The van der Waals surface area contributed by atoms with E-state index < -0.39 is 0 Å². The quantitative estimate of drug-likeness (QED) is 0.177. The Kier molecular flexibility index (Phi) is 12.9. The molecule has 0 N–H and O–H groups in total. The van der Waals surface area contributed by atoms with Gasteiger partial charge in [-0.05, 0) is 89.9 Å². The van der Waals surface area contributed by atoms with Gasteiger partial charge in [-0.15, -0.1) is 6.42 Å². The largest absolute Gasteiger partial charge is 0.284 e. The molecule has 0 unspecified atom stereocenters. The van der Waals surface area contributed by atoms with Gasteiger partial charge in [0, 0.05) is 37.3 Å². The average Bonchev–Trinajstić information content (AvgIpc) is 3.29. The van der Waals surface area contributed by atoms with Crippen molar-refractivity contribution in [1.29, 1.82) is 0 Å². The van der Waals surface area contributed by atoms with Crippen molar-refractivity contribution in [2.24, 2.45) is 4.99 Å². The van der Waals surface area contributed by atoms with Crippen LogP contribution in [0.3, 0.4) is 0 Å². The van der Waals surface area contributed by atoms with Crippen molar-refractivity contribution >= 4 is 53.0 Å². The van der Waals surface area contributed by atoms with Crippen molar-refractivity contribution in [2.45, 2.75) is 34.1 Å². The third-order valence-electron chi connectivity index (χ3n) is 6.04. The molecule has 8 heteroatoms. The number of fused-ring (bicyclic) bond motifs is 1. The molecule has 0 amide bonds. The standard InChI is InChI=1S/C27H29N3S.C2HFS.CH3FS/c1-7-20-16-23(18(3)14-17(20)2)21-12-13-22(19(4)15-21)26(28-5)27-29-24-10-8-9-11-25(24)30(27)31-6;1-2-4-3;1-3-2/h8-16H,7H2,1-6H3;1H;1H3. The predicted molar refractivity (Wildman–Crippen MR) is 168 cm³/mol. The monoisotopic (exact) mass is 569 g/mol. The van der Waals surface area contributed by atoms with E-state index in [1.165, 1.54) is 39.6 Å². The number of aryl methyl sites for hydroxylation is 4. The van der Waals surface area contributed by atoms with Crippen LogP contribution >= 0.6 is 36.2 Å². The van der Waals surface area contributed by atoms with Gasteiger partial charge in [-0.2, -0.15) is 7.77 Å². The Morgan fingerprint density at radius 1 is 1.00 bits per heavy atom. The first-order valence-corrected chi connectivity index (χ1v) is 14.9. The highest BCUT2D eigenvalue weighted by atomic mass is 32.2. The van der Waals surface area contributed by atoms with Crippen molar-refractivity contribution in [1.82, 2.24) is 8.96 Å². The van der Waals surface area contributed by atoms with Crippen molar-refractivity contribution in [2.75, 3.05) is 19.6 Å². The van der Waals surface area contributed by atoms with Crippen molar-refractivity contribution in [3.05, 3.63) is 88.2 Å². The molecule has 0 aliphatic rings. The summed E-state index contributed by atoms with van der Waals surface area (Å²) in [6.45, 7) is 8.79. The lowest BCUT2D eigenvalue weighted by Gasteiger charge is -2.15. The molecule has 0 aliphatic carbocycles. The lowest BCUT2D eigenvalue weighted by atomic mass is 9.91. The SMILES string of the molecule is C#CSF.CCc1cc(-c2ccc(C(=NC)c3nc4ccccc4n3SC)c(C)c2)c(C)cc1C.CSF. The van der Waals surface area contributed by atoms with Crippen molar-refractivity contribution < 1.29 is 7.77 Å². The Morgan fingerprint density at radius 3 is 2.21 bits per heavy atom. The van der Waals surface area contributed by atoms with E-state index in [9.17, 15) is 7.77 Å². The van der Waals surface area contributed by atoms with E-state index in [0.717, 1.165) is 34.6 Å². The molecule has 1 heterocycles. The maximum atomic E-state index is 10.4. The molecular weight excluding hydrogens is 537 g/mol. The zero-order chi connectivity index (χ0) is 28.2. The van der Waals surface area contributed by atoms with Gasteiger partial charge in [0.2, 0.25) is 0 Å². The van der Waals surface area contributed by atoms with Crippen LogP contribution in [0.4, 0.5) is 7.77 Å². The minimum atomic E-state index is -0.116. The van der Waals surface area contributed by atoms with Crippen LogP contribution in [0.5, 0.6) is 0 Å². The topological polar surface area (TPSA) is 30.2 Å². The number of terminal acetylenes is 1. The number of aliphatic imine (C=N–C) groups is 1. The van der Waals surface area contributed by atoms with Crippen LogP contribution in [0.25, 0.3) is 22.2 Å². The molecule has 0 atom stereocenters. The normalized spacial score (nSPS) is 10.8. The Hall–Kier alpha value is -2.73. The summed E-state index contributed by atoms with van der Waals surface area (Å²) in [7, 11) is 1.85. The van der Waals surface area contributed by atoms with E-state index in [4.69, 9.17) is 4.98 Å². The molecule has 0 saturated heterocycles. The Morgan fingerprint density at radius 2 is 1.66 bits per heavy atom. The van der Waals surface area contributed by atoms with Gasteiger partial charge >= 0.3 is 0 Å². The van der Waals surface area contributed by atoms with Gasteiger partial charge in [-0.25, -0.2) is 4.98 Å². The molecule has 3 nitrogen and oxygen atoms in total. The van der Waals surface area contributed by atoms with E-state index in [1.807, 2.05) is 13.1 Å². The van der Waals surface area contributed by atoms with Gasteiger partial charge in [0.25, 0.3) is 0 Å². The molecule has 3 aromatic carbocycles. The Balaban J connectivity index is 0.000000650. The first-order valence-electron chi connectivity index (χ1n) is 11.9. The lowest BCUT2D eigenvalue weighted by molar-refractivity contribution is 0.944. The Labute approximate surface area is 238 Å². The van der Waals surface area contributed by atoms with Crippen LogP contribution in [0.2, 0.25) is 0 Å². The van der Waals surface area contributed by atoms with Crippen LogP contribution in [-0.4, -0.2) is 34.2 Å². The van der Waals surface area contributed by atoms with E-state index in [2.05, 4.69) is 97.9 Å². The van der Waals surface area contributed by atoms with Crippen molar-refractivity contribution in [3.8, 4) is 22.8 Å². The first kappa shape index (κ1) is 31.5. The summed E-state index contributed by atoms with van der Waals surface area (Å²) in [5.41, 5.74) is 12.0. The fourth-order valence-corrected chi connectivity index (χ4v) is 5.02. The molecule has 0 saturated carbocycles. The van der Waals surface area contributed by atoms with E-state index in [-0.39, 0.29) is 24.3 Å². The molecular formula is C30H33F2N3S3. The van der Waals surface area contributed by atoms with Gasteiger partial charge in [-0.1, -0.05) is 49.4 Å². The summed E-state index contributed by atoms with van der Waals surface area (Å²) in [4.78, 5) is 9.58. The summed E-state index contributed by atoms with van der Waals surface area (Å²) < 4.78 is 22.8. The average molecular weight is 570 g/mol. The number of aromatic nitrogens is 2. The summed E-state index contributed by atoms with van der Waals surface area (Å²) in [5, 5.41) is 1.68. The number of hydrogen-bond donors (Lipinski definition) is 0. The summed E-state index contributed by atoms with van der Waals surface area (Å²) in [6, 6.07) is 19.6. The maximum Gasteiger partial charge on any atom is 0.170 e. The zero-order valence-electron chi connectivity index (χ0n) is 22.8. The number of hydrogen-bond acceptors (Lipinski definition) is 5. The molecule has 0 fully saturated rings. The lowest BCUT2D eigenvalue weighted by Crippen LogP contribution is -2.11. The fraction of sp³-hybridized carbons (Fsp3) is 0.267. The minimum Gasteiger partial charge on any atom is -0.284 e. The highest BCUT2D eigenvalue weighted by Gasteiger charge is 2.19. The first-order chi connectivity index (χ1) is 18.3. The fourth-order valence-electron chi connectivity index (χ4n) is 4.36. The summed E-state index contributed by atoms with van der Waals surface area (Å²) >= 11 is 1.79. The van der Waals surface area contributed by atoms with E-state index in [1.54, 1.807) is 17.2 Å². The molecule has 1 aromatic heterocycles. The van der Waals surface area contributed by atoms with Gasteiger partial charge in [0.15, 0.2) is 5.82 Å². The molecule has 38 heavy (non-hydrogen) atoms. The second-order valence-electron chi connectivity index (χ2n) is 8.30. The predicted octanol–water partition coefficient (Wildman–Crippen LogP) is 9.21. The van der Waals surface area contributed by atoms with Gasteiger partial charge in [0.1, 0.15) is 17.9 Å². The maximum absolute atomic E-state index is 10.4. The number of nitrogens with zero attached hydrogens (tertiary/aromatic N) is 3. The highest BCUT2D eigenvalue weighted by Crippen LogP contribution is 2.30. The van der Waals surface area contributed by atoms with E-state index >= 15 is 0 Å².